The van der Waals surface area contributed by atoms with E-state index in [9.17, 15) is 8.42 Å². The second-order valence-electron chi connectivity index (χ2n) is 5.62. The molecular formula is C15H20N4O2S. The van der Waals surface area contributed by atoms with Crippen LogP contribution in [-0.2, 0) is 16.4 Å². The Kier molecular flexibility index (Phi) is 4.17. The molecule has 0 spiro atoms. The standard InChI is InChI=1S/C15H20N4O2S/c16-15-11-13(10-12-6-8-17-9-7-12)19(18-15)22(20,21)14-4-2-1-3-5-14/h1-5,11-12,17H,6-10H2,(H2,16,18). The number of aromatic nitrogens is 2. The normalized spacial score (nSPS) is 16.7. The van der Waals surface area contributed by atoms with Gasteiger partial charge in [0.05, 0.1) is 10.6 Å². The summed E-state index contributed by atoms with van der Waals surface area (Å²) < 4.78 is 26.6. The summed E-state index contributed by atoms with van der Waals surface area (Å²) in [6.07, 6.45) is 2.75. The number of anilines is 1. The summed E-state index contributed by atoms with van der Waals surface area (Å²) >= 11 is 0. The van der Waals surface area contributed by atoms with E-state index in [-0.39, 0.29) is 10.7 Å². The molecule has 1 aliphatic rings. The van der Waals surface area contributed by atoms with Gasteiger partial charge in [0.25, 0.3) is 10.0 Å². The molecule has 2 heterocycles. The largest absolute Gasteiger partial charge is 0.382 e. The minimum Gasteiger partial charge on any atom is -0.382 e. The number of nitrogens with one attached hydrogen (secondary N) is 1. The van der Waals surface area contributed by atoms with Crippen molar-refractivity contribution in [1.82, 2.24) is 14.5 Å². The third kappa shape index (κ3) is 3.00. The van der Waals surface area contributed by atoms with E-state index in [4.69, 9.17) is 5.73 Å². The summed E-state index contributed by atoms with van der Waals surface area (Å²) in [6.45, 7) is 1.94. The van der Waals surface area contributed by atoms with Gasteiger partial charge in [0.15, 0.2) is 0 Å². The van der Waals surface area contributed by atoms with Crippen molar-refractivity contribution in [1.29, 1.82) is 0 Å². The van der Waals surface area contributed by atoms with Crippen LogP contribution in [0.15, 0.2) is 41.3 Å². The first-order valence-corrected chi connectivity index (χ1v) is 8.87. The number of benzene rings is 1. The minimum atomic E-state index is -3.69. The van der Waals surface area contributed by atoms with Gasteiger partial charge in [-0.1, -0.05) is 18.2 Å². The van der Waals surface area contributed by atoms with Gasteiger partial charge in [-0.15, -0.1) is 5.10 Å². The van der Waals surface area contributed by atoms with Crippen molar-refractivity contribution in [2.24, 2.45) is 5.92 Å². The van der Waals surface area contributed by atoms with Gasteiger partial charge in [-0.2, -0.15) is 12.5 Å². The summed E-state index contributed by atoms with van der Waals surface area (Å²) in [5, 5.41) is 7.33. The Morgan fingerprint density at radius 3 is 2.59 bits per heavy atom. The van der Waals surface area contributed by atoms with Crippen LogP contribution in [0.25, 0.3) is 0 Å². The zero-order valence-corrected chi connectivity index (χ0v) is 13.1. The van der Waals surface area contributed by atoms with Crippen LogP contribution in [0.1, 0.15) is 18.5 Å². The number of rotatable bonds is 4. The molecular weight excluding hydrogens is 300 g/mol. The van der Waals surface area contributed by atoms with Crippen molar-refractivity contribution < 1.29 is 8.42 Å². The van der Waals surface area contributed by atoms with E-state index in [1.165, 1.54) is 0 Å². The molecule has 3 rings (SSSR count). The molecule has 0 radical (unpaired) electrons. The monoisotopic (exact) mass is 320 g/mol. The Morgan fingerprint density at radius 2 is 1.91 bits per heavy atom. The average Bonchev–Trinajstić information content (AvgIpc) is 2.90. The lowest BCUT2D eigenvalue weighted by molar-refractivity contribution is 0.368. The van der Waals surface area contributed by atoms with Crippen LogP contribution in [0, 0.1) is 5.92 Å². The molecule has 22 heavy (non-hydrogen) atoms. The fourth-order valence-corrected chi connectivity index (χ4v) is 4.18. The van der Waals surface area contributed by atoms with E-state index in [0.29, 0.717) is 18.0 Å². The Balaban J connectivity index is 1.94. The molecule has 2 aromatic rings. The van der Waals surface area contributed by atoms with Gasteiger partial charge in [-0.05, 0) is 50.4 Å². The Bertz CT molecular complexity index is 734. The van der Waals surface area contributed by atoms with Crippen molar-refractivity contribution >= 4 is 15.8 Å². The third-order valence-corrected chi connectivity index (χ3v) is 5.63. The number of hydrogen-bond donors (Lipinski definition) is 2. The highest BCUT2D eigenvalue weighted by Crippen LogP contribution is 2.22. The van der Waals surface area contributed by atoms with Crippen LogP contribution >= 0.6 is 0 Å². The van der Waals surface area contributed by atoms with Crippen molar-refractivity contribution in [2.45, 2.75) is 24.2 Å². The van der Waals surface area contributed by atoms with E-state index in [1.54, 1.807) is 36.4 Å². The van der Waals surface area contributed by atoms with E-state index < -0.39 is 10.0 Å². The molecule has 6 nitrogen and oxygen atoms in total. The highest BCUT2D eigenvalue weighted by Gasteiger charge is 2.24. The van der Waals surface area contributed by atoms with Crippen LogP contribution in [0.4, 0.5) is 5.82 Å². The molecule has 0 atom stereocenters. The van der Waals surface area contributed by atoms with Crippen LogP contribution < -0.4 is 11.1 Å². The maximum Gasteiger partial charge on any atom is 0.283 e. The summed E-state index contributed by atoms with van der Waals surface area (Å²) in [4.78, 5) is 0.227. The molecule has 0 amide bonds. The zero-order valence-electron chi connectivity index (χ0n) is 12.3. The molecule has 1 aliphatic heterocycles. The molecule has 0 aliphatic carbocycles. The predicted molar refractivity (Wildman–Crippen MR) is 85.0 cm³/mol. The van der Waals surface area contributed by atoms with E-state index in [1.807, 2.05) is 0 Å². The first kappa shape index (κ1) is 15.1. The molecule has 1 aromatic heterocycles. The zero-order chi connectivity index (χ0) is 15.6. The van der Waals surface area contributed by atoms with E-state index in [0.717, 1.165) is 30.0 Å². The van der Waals surface area contributed by atoms with Crippen LogP contribution in [-0.4, -0.2) is 30.7 Å². The average molecular weight is 320 g/mol. The smallest absolute Gasteiger partial charge is 0.283 e. The summed E-state index contributed by atoms with van der Waals surface area (Å²) in [6, 6.07) is 10.00. The summed E-state index contributed by atoms with van der Waals surface area (Å²) in [5.74, 6) is 0.700. The molecule has 3 N–H and O–H groups in total. The quantitative estimate of drug-likeness (QED) is 0.885. The molecule has 0 saturated carbocycles. The van der Waals surface area contributed by atoms with Crippen molar-refractivity contribution in [3.63, 3.8) is 0 Å². The van der Waals surface area contributed by atoms with Crippen LogP contribution in [0.3, 0.4) is 0 Å². The van der Waals surface area contributed by atoms with E-state index in [2.05, 4.69) is 10.4 Å². The van der Waals surface area contributed by atoms with Gasteiger partial charge in [0.1, 0.15) is 5.82 Å². The molecule has 1 saturated heterocycles. The highest BCUT2D eigenvalue weighted by atomic mass is 32.2. The van der Waals surface area contributed by atoms with Crippen molar-refractivity contribution in [3.05, 3.63) is 42.1 Å². The van der Waals surface area contributed by atoms with Gasteiger partial charge in [-0.3, -0.25) is 0 Å². The Labute approximate surface area is 130 Å². The van der Waals surface area contributed by atoms with Gasteiger partial charge < -0.3 is 11.1 Å². The lowest BCUT2D eigenvalue weighted by atomic mass is 9.93. The predicted octanol–water partition coefficient (Wildman–Crippen LogP) is 1.24. The molecule has 0 unspecified atom stereocenters. The SMILES string of the molecule is Nc1cc(CC2CCNCC2)n(S(=O)(=O)c2ccccc2)n1. The van der Waals surface area contributed by atoms with Gasteiger partial charge >= 0.3 is 0 Å². The number of piperidine rings is 1. The Morgan fingerprint density at radius 1 is 1.23 bits per heavy atom. The Hall–Kier alpha value is -1.86. The van der Waals surface area contributed by atoms with Crippen molar-refractivity contribution in [2.75, 3.05) is 18.8 Å². The number of nitrogens with zero attached hydrogens (tertiary/aromatic N) is 2. The fraction of sp³-hybridized carbons (Fsp3) is 0.400. The minimum absolute atomic E-state index is 0.227. The van der Waals surface area contributed by atoms with Crippen LogP contribution in [0.5, 0.6) is 0 Å². The van der Waals surface area contributed by atoms with Crippen molar-refractivity contribution in [3.8, 4) is 0 Å². The first-order chi connectivity index (χ1) is 10.6. The molecule has 1 aromatic carbocycles. The van der Waals surface area contributed by atoms with Gasteiger partial charge in [-0.25, -0.2) is 0 Å². The number of hydrogen-bond acceptors (Lipinski definition) is 5. The molecule has 0 bridgehead atoms. The summed E-state index contributed by atoms with van der Waals surface area (Å²) in [5.41, 5.74) is 6.41. The molecule has 7 heteroatoms. The second-order valence-corrected chi connectivity index (χ2v) is 7.39. The lowest BCUT2D eigenvalue weighted by Gasteiger charge is -2.22. The molecule has 118 valence electrons. The van der Waals surface area contributed by atoms with Gasteiger partial charge in [0, 0.05) is 6.07 Å². The maximum absolute atomic E-state index is 12.7. The summed E-state index contributed by atoms with van der Waals surface area (Å²) in [7, 11) is -3.69. The maximum atomic E-state index is 12.7. The van der Waals surface area contributed by atoms with Crippen LogP contribution in [0.2, 0.25) is 0 Å². The second kappa shape index (κ2) is 6.10. The highest BCUT2D eigenvalue weighted by molar-refractivity contribution is 7.89. The molecule has 1 fully saturated rings. The van der Waals surface area contributed by atoms with E-state index >= 15 is 0 Å². The number of nitrogen functional groups attached to an aromatic ring is 1. The van der Waals surface area contributed by atoms with Gasteiger partial charge in [0.2, 0.25) is 0 Å². The number of nitrogens with two attached hydrogens (primary N) is 1. The topological polar surface area (TPSA) is 90.0 Å². The lowest BCUT2D eigenvalue weighted by Crippen LogP contribution is -2.29. The first-order valence-electron chi connectivity index (χ1n) is 7.43. The fourth-order valence-electron chi connectivity index (χ4n) is 2.84. The third-order valence-electron chi connectivity index (χ3n) is 3.99.